The second kappa shape index (κ2) is 3.88. The zero-order valence-electron chi connectivity index (χ0n) is 5.09. The summed E-state index contributed by atoms with van der Waals surface area (Å²) in [7, 11) is 0. The summed E-state index contributed by atoms with van der Waals surface area (Å²) in [5, 5.41) is 7.87. The molecule has 0 amide bonds. The molecule has 0 saturated carbocycles. The first-order valence-electron chi connectivity index (χ1n) is 2.60. The van der Waals surface area contributed by atoms with Gasteiger partial charge in [0, 0.05) is 6.42 Å². The molecule has 0 aliphatic carbocycles. The molecule has 0 aromatic rings. The smallest absolute Gasteiger partial charge is 0.449 e. The van der Waals surface area contributed by atoms with Gasteiger partial charge in [-0.25, -0.2) is 4.79 Å². The van der Waals surface area contributed by atoms with E-state index in [9.17, 15) is 9.59 Å². The van der Waals surface area contributed by atoms with Crippen LogP contribution in [-0.2, 0) is 9.53 Å². The zero-order chi connectivity index (χ0) is 7.28. The summed E-state index contributed by atoms with van der Waals surface area (Å²) in [6.45, 7) is 1.77. The molecule has 52 valence electrons. The molecule has 0 aliphatic rings. The quantitative estimate of drug-likeness (QED) is 0.449. The second-order valence-corrected chi connectivity index (χ2v) is 1.49. The van der Waals surface area contributed by atoms with Gasteiger partial charge in [-0.05, 0) is 6.42 Å². The van der Waals surface area contributed by atoms with E-state index in [-0.39, 0.29) is 6.42 Å². The molecule has 0 unspecified atom stereocenters. The number of hydrogen-bond acceptors (Lipinski definition) is 3. The van der Waals surface area contributed by atoms with Crippen LogP contribution in [0, 0.1) is 0 Å². The van der Waals surface area contributed by atoms with Crippen LogP contribution in [0.5, 0.6) is 0 Å². The van der Waals surface area contributed by atoms with Crippen molar-refractivity contribution in [1.29, 1.82) is 0 Å². The molecule has 0 aromatic carbocycles. The lowest BCUT2D eigenvalue weighted by Crippen LogP contribution is -2.08. The van der Waals surface area contributed by atoms with E-state index in [0.29, 0.717) is 6.42 Å². The number of carbonyl (C=O) groups is 2. The van der Waals surface area contributed by atoms with Crippen LogP contribution in [0.2, 0.25) is 0 Å². The molecule has 0 aliphatic heterocycles. The fraction of sp³-hybridized carbons (Fsp3) is 0.600. The summed E-state index contributed by atoms with van der Waals surface area (Å²) < 4.78 is 3.77. The Labute approximate surface area is 52.4 Å². The van der Waals surface area contributed by atoms with E-state index in [0.717, 1.165) is 0 Å². The van der Waals surface area contributed by atoms with Gasteiger partial charge in [-0.1, -0.05) is 6.92 Å². The molecule has 0 heterocycles. The van der Waals surface area contributed by atoms with Gasteiger partial charge in [0.15, 0.2) is 0 Å². The molecule has 4 nitrogen and oxygen atoms in total. The molecule has 4 heteroatoms. The number of carbonyl (C=O) groups excluding carboxylic acids is 1. The van der Waals surface area contributed by atoms with Gasteiger partial charge in [0.2, 0.25) is 0 Å². The Balaban J connectivity index is 3.39. The molecule has 0 fully saturated rings. The fourth-order valence-corrected chi connectivity index (χ4v) is 0.353. The fourth-order valence-electron chi connectivity index (χ4n) is 0.353. The summed E-state index contributed by atoms with van der Waals surface area (Å²) in [5.74, 6) is -0.690. The molecule has 0 saturated heterocycles. The Kier molecular flexibility index (Phi) is 3.43. The molecule has 0 atom stereocenters. The minimum Gasteiger partial charge on any atom is -0.449 e. The van der Waals surface area contributed by atoms with E-state index in [1.54, 1.807) is 6.92 Å². The van der Waals surface area contributed by atoms with Crippen LogP contribution in [0.25, 0.3) is 0 Å². The number of carboxylic acid groups (broad SMARTS) is 1. The lowest BCUT2D eigenvalue weighted by molar-refractivity contribution is -0.139. The Morgan fingerprint density at radius 2 is 2.11 bits per heavy atom. The third-order valence-corrected chi connectivity index (χ3v) is 0.655. The first kappa shape index (κ1) is 7.94. The zero-order valence-corrected chi connectivity index (χ0v) is 5.09. The largest absolute Gasteiger partial charge is 0.513 e. The van der Waals surface area contributed by atoms with Gasteiger partial charge in [0.05, 0.1) is 0 Å². The van der Waals surface area contributed by atoms with Gasteiger partial charge < -0.3 is 9.84 Å². The minimum absolute atomic E-state index is 0.159. The Bertz CT molecular complexity index is 118. The summed E-state index contributed by atoms with van der Waals surface area (Å²) in [6, 6.07) is 0. The van der Waals surface area contributed by atoms with Gasteiger partial charge in [0.25, 0.3) is 0 Å². The van der Waals surface area contributed by atoms with Crippen molar-refractivity contribution in [3.8, 4) is 0 Å². The monoisotopic (exact) mass is 132 g/mol. The predicted molar refractivity (Wildman–Crippen MR) is 29.0 cm³/mol. The topological polar surface area (TPSA) is 63.6 Å². The SMILES string of the molecule is CCCC(=O)OC(=O)O. The van der Waals surface area contributed by atoms with Crippen LogP contribution < -0.4 is 0 Å². The number of ether oxygens (including phenoxy) is 1. The third kappa shape index (κ3) is 4.80. The third-order valence-electron chi connectivity index (χ3n) is 0.655. The molecule has 9 heavy (non-hydrogen) atoms. The maximum absolute atomic E-state index is 10.3. The summed E-state index contributed by atoms with van der Waals surface area (Å²) in [5.41, 5.74) is 0. The van der Waals surface area contributed by atoms with Crippen molar-refractivity contribution in [1.82, 2.24) is 0 Å². The highest BCUT2D eigenvalue weighted by Crippen LogP contribution is 1.90. The summed E-state index contributed by atoms with van der Waals surface area (Å²) in [4.78, 5) is 19.9. The van der Waals surface area contributed by atoms with Crippen molar-refractivity contribution in [2.75, 3.05) is 0 Å². The predicted octanol–water partition coefficient (Wildman–Crippen LogP) is 1.01. The van der Waals surface area contributed by atoms with E-state index < -0.39 is 12.1 Å². The molecule has 0 bridgehead atoms. The standard InChI is InChI=1S/C5H8O4/c1-2-3-4(6)9-5(7)8/h2-3H2,1H3,(H,7,8). The lowest BCUT2D eigenvalue weighted by atomic mass is 10.3. The van der Waals surface area contributed by atoms with Crippen LogP contribution in [0.4, 0.5) is 4.79 Å². The van der Waals surface area contributed by atoms with E-state index in [1.807, 2.05) is 0 Å². The van der Waals surface area contributed by atoms with Crippen molar-refractivity contribution in [3.05, 3.63) is 0 Å². The highest BCUT2D eigenvalue weighted by Gasteiger charge is 2.04. The van der Waals surface area contributed by atoms with Crippen LogP contribution in [0.1, 0.15) is 19.8 Å². The van der Waals surface area contributed by atoms with Crippen LogP contribution in [-0.4, -0.2) is 17.2 Å². The van der Waals surface area contributed by atoms with E-state index in [4.69, 9.17) is 5.11 Å². The molecular weight excluding hydrogens is 124 g/mol. The van der Waals surface area contributed by atoms with Gasteiger partial charge in [-0.2, -0.15) is 0 Å². The van der Waals surface area contributed by atoms with Gasteiger partial charge in [-0.3, -0.25) is 4.79 Å². The van der Waals surface area contributed by atoms with Crippen LogP contribution in [0.3, 0.4) is 0 Å². The normalized spacial score (nSPS) is 8.56. The van der Waals surface area contributed by atoms with Crippen molar-refractivity contribution in [3.63, 3.8) is 0 Å². The first-order valence-corrected chi connectivity index (χ1v) is 2.60. The van der Waals surface area contributed by atoms with Crippen LogP contribution in [0.15, 0.2) is 0 Å². The molecule has 0 aromatic heterocycles. The molecule has 0 radical (unpaired) electrons. The molecule has 0 rings (SSSR count). The average molecular weight is 132 g/mol. The van der Waals surface area contributed by atoms with Gasteiger partial charge >= 0.3 is 12.1 Å². The Hall–Kier alpha value is -1.06. The highest BCUT2D eigenvalue weighted by molar-refractivity contribution is 5.80. The molecular formula is C5H8O4. The van der Waals surface area contributed by atoms with Crippen molar-refractivity contribution in [2.45, 2.75) is 19.8 Å². The lowest BCUT2D eigenvalue weighted by Gasteiger charge is -1.92. The molecule has 1 N–H and O–H groups in total. The summed E-state index contributed by atoms with van der Waals surface area (Å²) in [6.07, 6.45) is -0.772. The van der Waals surface area contributed by atoms with E-state index >= 15 is 0 Å². The maximum Gasteiger partial charge on any atom is 0.513 e. The Morgan fingerprint density at radius 1 is 1.56 bits per heavy atom. The van der Waals surface area contributed by atoms with Gasteiger partial charge in [-0.15, -0.1) is 0 Å². The van der Waals surface area contributed by atoms with E-state index in [1.165, 1.54) is 0 Å². The minimum atomic E-state index is -1.53. The first-order chi connectivity index (χ1) is 4.16. The highest BCUT2D eigenvalue weighted by atomic mass is 16.7. The van der Waals surface area contributed by atoms with Crippen molar-refractivity contribution >= 4 is 12.1 Å². The maximum atomic E-state index is 10.3. The number of rotatable bonds is 2. The average Bonchev–Trinajstić information content (AvgIpc) is 1.63. The second-order valence-electron chi connectivity index (χ2n) is 1.49. The number of esters is 1. The van der Waals surface area contributed by atoms with Crippen molar-refractivity contribution in [2.24, 2.45) is 0 Å². The van der Waals surface area contributed by atoms with Gasteiger partial charge in [0.1, 0.15) is 0 Å². The van der Waals surface area contributed by atoms with Crippen molar-refractivity contribution < 1.29 is 19.4 Å². The Morgan fingerprint density at radius 3 is 2.44 bits per heavy atom. The van der Waals surface area contributed by atoms with Crippen LogP contribution >= 0.6 is 0 Å². The van der Waals surface area contributed by atoms with E-state index in [2.05, 4.69) is 4.74 Å². The molecule has 0 spiro atoms. The summed E-state index contributed by atoms with van der Waals surface area (Å²) >= 11 is 0. The number of hydrogen-bond donors (Lipinski definition) is 1.